The highest BCUT2D eigenvalue weighted by molar-refractivity contribution is 6.05. The minimum absolute atomic E-state index is 0.259. The van der Waals surface area contributed by atoms with E-state index in [0.717, 1.165) is 5.69 Å². The van der Waals surface area contributed by atoms with E-state index in [1.165, 1.54) is 12.5 Å². The third-order valence-electron chi connectivity index (χ3n) is 2.66. The van der Waals surface area contributed by atoms with Gasteiger partial charge in [-0.05, 0) is 30.3 Å². The van der Waals surface area contributed by atoms with Gasteiger partial charge in [-0.25, -0.2) is 9.97 Å². The van der Waals surface area contributed by atoms with Gasteiger partial charge >= 0.3 is 0 Å². The Bertz CT molecular complexity index is 709. The molecule has 0 aliphatic heterocycles. The molecule has 0 saturated heterocycles. The van der Waals surface area contributed by atoms with Gasteiger partial charge < -0.3 is 9.73 Å². The van der Waals surface area contributed by atoms with Crippen LogP contribution in [0.25, 0.3) is 0 Å². The molecule has 3 aromatic rings. The summed E-state index contributed by atoms with van der Waals surface area (Å²) < 4.78 is 5.08. The smallest absolute Gasteiger partial charge is 0.246 e. The summed E-state index contributed by atoms with van der Waals surface area (Å²) in [5.41, 5.74) is 1.14. The molecule has 0 unspecified atom stereocenters. The lowest BCUT2D eigenvalue weighted by atomic mass is 10.2. The van der Waals surface area contributed by atoms with Crippen molar-refractivity contribution in [2.45, 2.75) is 0 Å². The number of benzene rings is 1. The van der Waals surface area contributed by atoms with Crippen molar-refractivity contribution in [3.05, 3.63) is 72.4 Å². The zero-order valence-corrected chi connectivity index (χ0v) is 10.5. The number of hydrogen-bond acceptors (Lipinski definition) is 5. The number of furan rings is 1. The van der Waals surface area contributed by atoms with Gasteiger partial charge in [0.05, 0.1) is 6.26 Å². The van der Waals surface area contributed by atoms with Crippen molar-refractivity contribution < 1.29 is 9.21 Å². The van der Waals surface area contributed by atoms with Crippen molar-refractivity contribution >= 4 is 17.4 Å². The molecule has 3 rings (SSSR count). The van der Waals surface area contributed by atoms with Crippen LogP contribution in [-0.4, -0.2) is 15.8 Å². The second-order valence-corrected chi connectivity index (χ2v) is 4.06. The number of rotatable bonds is 4. The van der Waals surface area contributed by atoms with E-state index in [9.17, 15) is 4.79 Å². The molecule has 1 N–H and O–H groups in total. The summed E-state index contributed by atoms with van der Waals surface area (Å²) in [5.74, 6) is 0.358. The first-order valence-corrected chi connectivity index (χ1v) is 6.06. The van der Waals surface area contributed by atoms with Crippen LogP contribution in [0.5, 0.6) is 0 Å². The molecule has 0 fully saturated rings. The molecule has 0 radical (unpaired) electrons. The van der Waals surface area contributed by atoms with E-state index < -0.39 is 0 Å². The zero-order valence-electron chi connectivity index (χ0n) is 10.5. The molecule has 20 heavy (non-hydrogen) atoms. The van der Waals surface area contributed by atoms with Crippen molar-refractivity contribution in [2.24, 2.45) is 0 Å². The van der Waals surface area contributed by atoms with Gasteiger partial charge in [-0.2, -0.15) is 0 Å². The molecule has 0 saturated carbocycles. The standard InChI is InChI=1S/C15H11N3O2/c19-14(13-7-4-10-20-13)12-8-9-16-15(18-12)17-11-5-2-1-3-6-11/h1-10H,(H,16,17,18). The van der Waals surface area contributed by atoms with E-state index in [1.807, 2.05) is 30.3 Å². The summed E-state index contributed by atoms with van der Waals surface area (Å²) >= 11 is 0. The zero-order chi connectivity index (χ0) is 13.8. The first-order chi connectivity index (χ1) is 9.83. The summed E-state index contributed by atoms with van der Waals surface area (Å²) in [5, 5.41) is 3.04. The molecule has 0 bridgehead atoms. The summed E-state index contributed by atoms with van der Waals surface area (Å²) in [6, 6.07) is 14.3. The number of anilines is 2. The molecule has 0 spiro atoms. The van der Waals surface area contributed by atoms with Crippen molar-refractivity contribution in [2.75, 3.05) is 5.32 Å². The SMILES string of the molecule is O=C(c1ccnc(Nc2ccccc2)n1)c1ccco1. The maximum atomic E-state index is 12.1. The topological polar surface area (TPSA) is 68.0 Å². The minimum atomic E-state index is -0.270. The highest BCUT2D eigenvalue weighted by atomic mass is 16.3. The fourth-order valence-corrected chi connectivity index (χ4v) is 1.73. The molecule has 5 heteroatoms. The molecular formula is C15H11N3O2. The summed E-state index contributed by atoms with van der Waals surface area (Å²) in [6.07, 6.45) is 2.99. The van der Waals surface area contributed by atoms with Gasteiger partial charge in [0.25, 0.3) is 0 Å². The van der Waals surface area contributed by atoms with E-state index >= 15 is 0 Å². The molecule has 2 aromatic heterocycles. The van der Waals surface area contributed by atoms with E-state index in [4.69, 9.17) is 4.42 Å². The second kappa shape index (κ2) is 5.36. The lowest BCUT2D eigenvalue weighted by Gasteiger charge is -2.05. The molecule has 2 heterocycles. The van der Waals surface area contributed by atoms with E-state index in [0.29, 0.717) is 5.95 Å². The van der Waals surface area contributed by atoms with Crippen LogP contribution >= 0.6 is 0 Å². The van der Waals surface area contributed by atoms with Crippen molar-refractivity contribution in [3.63, 3.8) is 0 Å². The van der Waals surface area contributed by atoms with Crippen LogP contribution in [0.3, 0.4) is 0 Å². The van der Waals surface area contributed by atoms with E-state index in [2.05, 4.69) is 15.3 Å². The maximum absolute atomic E-state index is 12.1. The van der Waals surface area contributed by atoms with E-state index in [1.54, 1.807) is 18.2 Å². The number of nitrogens with one attached hydrogen (secondary N) is 1. The van der Waals surface area contributed by atoms with Crippen molar-refractivity contribution in [3.8, 4) is 0 Å². The Balaban J connectivity index is 1.85. The lowest BCUT2D eigenvalue weighted by Crippen LogP contribution is -2.06. The van der Waals surface area contributed by atoms with Gasteiger partial charge in [0.1, 0.15) is 5.69 Å². The number of ketones is 1. The normalized spacial score (nSPS) is 10.2. The van der Waals surface area contributed by atoms with Crippen LogP contribution in [0, 0.1) is 0 Å². The average molecular weight is 265 g/mol. The maximum Gasteiger partial charge on any atom is 0.246 e. The molecule has 0 aliphatic rings. The van der Waals surface area contributed by atoms with Crippen LogP contribution in [-0.2, 0) is 0 Å². The highest BCUT2D eigenvalue weighted by Crippen LogP contribution is 2.13. The number of carbonyl (C=O) groups is 1. The summed E-state index contributed by atoms with van der Waals surface area (Å²) in [7, 11) is 0. The predicted molar refractivity (Wildman–Crippen MR) is 73.9 cm³/mol. The lowest BCUT2D eigenvalue weighted by molar-refractivity contribution is 0.100. The number of nitrogens with zero attached hydrogens (tertiary/aromatic N) is 2. The van der Waals surface area contributed by atoms with Gasteiger partial charge in [-0.15, -0.1) is 0 Å². The van der Waals surface area contributed by atoms with Crippen LogP contribution < -0.4 is 5.32 Å². The van der Waals surface area contributed by atoms with Crippen molar-refractivity contribution in [1.29, 1.82) is 0 Å². The quantitative estimate of drug-likeness (QED) is 0.734. The van der Waals surface area contributed by atoms with Crippen LogP contribution in [0.1, 0.15) is 16.2 Å². The second-order valence-electron chi connectivity index (χ2n) is 4.06. The minimum Gasteiger partial charge on any atom is -0.461 e. The molecular weight excluding hydrogens is 254 g/mol. The molecule has 0 atom stereocenters. The molecule has 1 aromatic carbocycles. The van der Waals surface area contributed by atoms with Gasteiger partial charge in [0, 0.05) is 11.9 Å². The number of aromatic nitrogens is 2. The van der Waals surface area contributed by atoms with Gasteiger partial charge in [-0.1, -0.05) is 18.2 Å². The monoisotopic (exact) mass is 265 g/mol. The van der Waals surface area contributed by atoms with Gasteiger partial charge in [-0.3, -0.25) is 4.79 Å². The Hall–Kier alpha value is -2.95. The fraction of sp³-hybridized carbons (Fsp3) is 0. The predicted octanol–water partition coefficient (Wildman–Crippen LogP) is 3.04. The van der Waals surface area contributed by atoms with Gasteiger partial charge in [0.2, 0.25) is 11.7 Å². The number of carbonyl (C=O) groups excluding carboxylic acids is 1. The average Bonchev–Trinajstić information content (AvgIpc) is 3.02. The molecule has 98 valence electrons. The van der Waals surface area contributed by atoms with Gasteiger partial charge in [0.15, 0.2) is 5.76 Å². The Labute approximate surface area is 115 Å². The van der Waals surface area contributed by atoms with Crippen LogP contribution in [0.4, 0.5) is 11.6 Å². The Morgan fingerprint density at radius 1 is 1.05 bits per heavy atom. The first kappa shape index (κ1) is 12.1. The van der Waals surface area contributed by atoms with Crippen LogP contribution in [0.15, 0.2) is 65.4 Å². The molecule has 0 aliphatic carbocycles. The van der Waals surface area contributed by atoms with Crippen LogP contribution in [0.2, 0.25) is 0 Å². The largest absolute Gasteiger partial charge is 0.461 e. The highest BCUT2D eigenvalue weighted by Gasteiger charge is 2.14. The Kier molecular flexibility index (Phi) is 3.24. The third-order valence-corrected chi connectivity index (χ3v) is 2.66. The Morgan fingerprint density at radius 3 is 2.65 bits per heavy atom. The fourth-order valence-electron chi connectivity index (χ4n) is 1.73. The molecule has 5 nitrogen and oxygen atoms in total. The Morgan fingerprint density at radius 2 is 1.90 bits per heavy atom. The first-order valence-electron chi connectivity index (χ1n) is 6.06. The van der Waals surface area contributed by atoms with Crippen molar-refractivity contribution in [1.82, 2.24) is 9.97 Å². The number of para-hydroxylation sites is 1. The third kappa shape index (κ3) is 2.56. The summed E-state index contributed by atoms with van der Waals surface area (Å²) in [4.78, 5) is 20.4. The molecule has 0 amide bonds. The van der Waals surface area contributed by atoms with E-state index in [-0.39, 0.29) is 17.2 Å². The summed E-state index contributed by atoms with van der Waals surface area (Å²) in [6.45, 7) is 0. The number of hydrogen-bond donors (Lipinski definition) is 1.